The summed E-state index contributed by atoms with van der Waals surface area (Å²) in [5.41, 5.74) is 6.45. The number of aryl methyl sites for hydroxylation is 1. The predicted octanol–water partition coefficient (Wildman–Crippen LogP) is 9.82. The van der Waals surface area contributed by atoms with Gasteiger partial charge in [0.25, 0.3) is 0 Å². The number of Topliss-reactive ketones (excluding diaryl/α,β-unsaturated/α-hetero) is 1. The second-order valence-corrected chi connectivity index (χ2v) is 11.2. The van der Waals surface area contributed by atoms with Crippen molar-refractivity contribution in [3.05, 3.63) is 71.4 Å². The van der Waals surface area contributed by atoms with E-state index >= 15 is 0 Å². The topological polar surface area (TPSA) is 42.9 Å². The Morgan fingerprint density at radius 1 is 0.763 bits per heavy atom. The van der Waals surface area contributed by atoms with Gasteiger partial charge in [-0.15, -0.1) is 0 Å². The van der Waals surface area contributed by atoms with Gasteiger partial charge in [-0.05, 0) is 55.0 Å². The number of fused-ring (bicyclic) bond motifs is 1. The molecule has 0 bridgehead atoms. The van der Waals surface area contributed by atoms with Gasteiger partial charge in [0.2, 0.25) is 0 Å². The highest BCUT2D eigenvalue weighted by Crippen LogP contribution is 2.33. The zero-order valence-electron chi connectivity index (χ0n) is 23.7. The Labute approximate surface area is 230 Å². The van der Waals surface area contributed by atoms with E-state index in [-0.39, 0.29) is 5.92 Å². The maximum Gasteiger partial charge on any atom is 0.166 e. The maximum atomic E-state index is 13.2. The molecule has 3 nitrogen and oxygen atoms in total. The minimum absolute atomic E-state index is 0.146. The third kappa shape index (κ3) is 7.85. The second-order valence-electron chi connectivity index (χ2n) is 11.2. The number of hydrogen-bond donors (Lipinski definition) is 0. The van der Waals surface area contributed by atoms with Gasteiger partial charge in [-0.3, -0.25) is 4.79 Å². The number of carbonyl (C=O) groups excluding carboxylic acids is 1. The molecule has 0 spiro atoms. The summed E-state index contributed by atoms with van der Waals surface area (Å²) in [4.78, 5) is 22.7. The molecule has 0 amide bonds. The van der Waals surface area contributed by atoms with E-state index in [9.17, 15) is 4.79 Å². The van der Waals surface area contributed by atoms with Crippen LogP contribution in [0.15, 0.2) is 54.7 Å². The molecule has 2 aromatic carbocycles. The molecule has 1 aliphatic rings. The van der Waals surface area contributed by atoms with Crippen LogP contribution in [-0.4, -0.2) is 15.8 Å². The smallest absolute Gasteiger partial charge is 0.166 e. The Kier molecular flexibility index (Phi) is 11.1. The normalized spacial score (nSPS) is 14.7. The van der Waals surface area contributed by atoms with Gasteiger partial charge < -0.3 is 0 Å². The molecule has 3 heteroatoms. The summed E-state index contributed by atoms with van der Waals surface area (Å²) in [5.74, 6) is 1.15. The van der Waals surface area contributed by atoms with E-state index in [1.165, 1.54) is 81.8 Å². The monoisotopic (exact) mass is 510 g/mol. The standard InChI is InChI=1S/C35H46N2O/c1-3-5-7-9-11-13-16-27-17-15-19-29(24-27)33-22-23-36-35(37-33)31-21-20-28-25-30(34(38)32(28)26-31)18-14-12-10-8-6-4-2/h15,17,19-24,26,30H,3-14,16,18,25H2,1-2H3. The van der Waals surface area contributed by atoms with Crippen LogP contribution in [0.5, 0.6) is 0 Å². The average molecular weight is 511 g/mol. The zero-order chi connectivity index (χ0) is 26.6. The third-order valence-electron chi connectivity index (χ3n) is 8.07. The van der Waals surface area contributed by atoms with Gasteiger partial charge in [0.1, 0.15) is 0 Å². The minimum Gasteiger partial charge on any atom is -0.294 e. The fourth-order valence-corrected chi connectivity index (χ4v) is 5.76. The van der Waals surface area contributed by atoms with Crippen LogP contribution in [0.3, 0.4) is 0 Å². The summed E-state index contributed by atoms with van der Waals surface area (Å²) in [6, 6.07) is 17.0. The summed E-state index contributed by atoms with van der Waals surface area (Å²) in [6.07, 6.45) is 20.4. The molecule has 1 unspecified atom stereocenters. The molecule has 0 radical (unpaired) electrons. The fraction of sp³-hybridized carbons (Fsp3) is 0.514. The van der Waals surface area contributed by atoms with E-state index < -0.39 is 0 Å². The van der Waals surface area contributed by atoms with Crippen molar-refractivity contribution in [2.24, 2.45) is 5.92 Å². The summed E-state index contributed by atoms with van der Waals surface area (Å²) in [7, 11) is 0. The van der Waals surface area contributed by atoms with E-state index in [1.54, 1.807) is 0 Å². The Bertz CT molecular complexity index is 1170. The third-order valence-corrected chi connectivity index (χ3v) is 8.07. The summed E-state index contributed by atoms with van der Waals surface area (Å²) >= 11 is 0. The highest BCUT2D eigenvalue weighted by Gasteiger charge is 2.30. The summed E-state index contributed by atoms with van der Waals surface area (Å²) < 4.78 is 0. The molecule has 1 aromatic heterocycles. The minimum atomic E-state index is 0.146. The highest BCUT2D eigenvalue weighted by molar-refractivity contribution is 6.03. The number of carbonyl (C=O) groups is 1. The molecule has 0 saturated carbocycles. The van der Waals surface area contributed by atoms with Gasteiger partial charge in [-0.25, -0.2) is 9.97 Å². The van der Waals surface area contributed by atoms with E-state index in [0.717, 1.165) is 48.1 Å². The second kappa shape index (κ2) is 15.0. The first-order valence-corrected chi connectivity index (χ1v) is 15.3. The van der Waals surface area contributed by atoms with Crippen LogP contribution in [0.25, 0.3) is 22.6 Å². The van der Waals surface area contributed by atoms with Crippen LogP contribution < -0.4 is 0 Å². The Balaban J connectivity index is 1.38. The van der Waals surface area contributed by atoms with Crippen LogP contribution >= 0.6 is 0 Å². The fourth-order valence-electron chi connectivity index (χ4n) is 5.76. The van der Waals surface area contributed by atoms with Gasteiger partial charge in [-0.2, -0.15) is 0 Å². The molecule has 1 aliphatic carbocycles. The van der Waals surface area contributed by atoms with E-state index in [1.807, 2.05) is 18.3 Å². The number of benzene rings is 2. The maximum absolute atomic E-state index is 13.2. The lowest BCUT2D eigenvalue weighted by Gasteiger charge is -2.08. The largest absolute Gasteiger partial charge is 0.294 e. The molecule has 0 fully saturated rings. The first-order chi connectivity index (χ1) is 18.7. The zero-order valence-corrected chi connectivity index (χ0v) is 23.7. The van der Waals surface area contributed by atoms with E-state index in [0.29, 0.717) is 11.6 Å². The van der Waals surface area contributed by atoms with Gasteiger partial charge in [0.05, 0.1) is 5.69 Å². The molecule has 1 heterocycles. The Morgan fingerprint density at radius 3 is 2.29 bits per heavy atom. The van der Waals surface area contributed by atoms with Gasteiger partial charge in [0, 0.05) is 28.8 Å². The van der Waals surface area contributed by atoms with Crippen LogP contribution in [-0.2, 0) is 12.8 Å². The number of aromatic nitrogens is 2. The highest BCUT2D eigenvalue weighted by atomic mass is 16.1. The lowest BCUT2D eigenvalue weighted by Crippen LogP contribution is -2.08. The molecule has 1 atom stereocenters. The van der Waals surface area contributed by atoms with Crippen molar-refractivity contribution in [2.75, 3.05) is 0 Å². The first kappa shape index (κ1) is 28.2. The number of rotatable bonds is 16. The van der Waals surface area contributed by atoms with Crippen molar-refractivity contribution < 1.29 is 4.79 Å². The number of unbranched alkanes of at least 4 members (excludes halogenated alkanes) is 10. The first-order valence-electron chi connectivity index (χ1n) is 15.3. The lowest BCUT2D eigenvalue weighted by molar-refractivity contribution is 0.0929. The molecular formula is C35H46N2O. The average Bonchev–Trinajstić information content (AvgIpc) is 3.27. The molecule has 4 rings (SSSR count). The van der Waals surface area contributed by atoms with E-state index in [4.69, 9.17) is 4.98 Å². The Hall–Kier alpha value is -2.81. The summed E-state index contributed by atoms with van der Waals surface area (Å²) in [6.45, 7) is 4.51. The molecule has 3 aromatic rings. The SMILES string of the molecule is CCCCCCCCc1cccc(-c2ccnc(-c3ccc4c(c3)C(=O)C(CCCCCCCC)C4)n2)c1. The van der Waals surface area contributed by atoms with Crippen molar-refractivity contribution in [3.63, 3.8) is 0 Å². The number of hydrogen-bond acceptors (Lipinski definition) is 3. The van der Waals surface area contributed by atoms with Crippen molar-refractivity contribution in [3.8, 4) is 22.6 Å². The molecule has 0 saturated heterocycles. The summed E-state index contributed by atoms with van der Waals surface area (Å²) in [5, 5.41) is 0. The van der Waals surface area contributed by atoms with Crippen molar-refractivity contribution in [2.45, 2.75) is 110 Å². The number of nitrogens with zero attached hydrogens (tertiary/aromatic N) is 2. The predicted molar refractivity (Wildman–Crippen MR) is 160 cm³/mol. The van der Waals surface area contributed by atoms with Gasteiger partial charge >= 0.3 is 0 Å². The molecule has 0 aliphatic heterocycles. The van der Waals surface area contributed by atoms with Gasteiger partial charge in [-0.1, -0.05) is 115 Å². The van der Waals surface area contributed by atoms with Gasteiger partial charge in [0.15, 0.2) is 11.6 Å². The van der Waals surface area contributed by atoms with Crippen LogP contribution in [0.4, 0.5) is 0 Å². The molecular weight excluding hydrogens is 464 g/mol. The molecule has 0 N–H and O–H groups in total. The van der Waals surface area contributed by atoms with Crippen LogP contribution in [0.1, 0.15) is 119 Å². The van der Waals surface area contributed by atoms with Crippen molar-refractivity contribution in [1.82, 2.24) is 9.97 Å². The van der Waals surface area contributed by atoms with Crippen LogP contribution in [0.2, 0.25) is 0 Å². The lowest BCUT2D eigenvalue weighted by atomic mass is 9.96. The van der Waals surface area contributed by atoms with Crippen molar-refractivity contribution >= 4 is 5.78 Å². The number of ketones is 1. The molecule has 202 valence electrons. The van der Waals surface area contributed by atoms with Crippen LogP contribution in [0, 0.1) is 5.92 Å². The Morgan fingerprint density at radius 2 is 1.50 bits per heavy atom. The molecule has 38 heavy (non-hydrogen) atoms. The van der Waals surface area contributed by atoms with Crippen molar-refractivity contribution in [1.29, 1.82) is 0 Å². The van der Waals surface area contributed by atoms with E-state index in [2.05, 4.69) is 55.2 Å². The quantitative estimate of drug-likeness (QED) is 0.180.